The molecule has 0 aliphatic rings. The number of amides is 1. The van der Waals surface area contributed by atoms with Crippen LogP contribution in [0, 0.1) is 0 Å². The second kappa shape index (κ2) is 10.4. The fourth-order valence-corrected chi connectivity index (χ4v) is 4.13. The van der Waals surface area contributed by atoms with Gasteiger partial charge in [0.2, 0.25) is 0 Å². The van der Waals surface area contributed by atoms with Gasteiger partial charge < -0.3 is 20.5 Å². The van der Waals surface area contributed by atoms with Gasteiger partial charge in [-0.2, -0.15) is 0 Å². The number of aromatic nitrogens is 3. The Labute approximate surface area is 199 Å². The van der Waals surface area contributed by atoms with Crippen molar-refractivity contribution in [2.24, 2.45) is 0 Å². The van der Waals surface area contributed by atoms with E-state index in [4.69, 9.17) is 25.2 Å². The Morgan fingerprint density at radius 2 is 1.68 bits per heavy atom. The van der Waals surface area contributed by atoms with Crippen LogP contribution in [0.2, 0.25) is 0 Å². The number of nitrogens with one attached hydrogen (secondary N) is 1. The van der Waals surface area contributed by atoms with E-state index < -0.39 is 0 Å². The first kappa shape index (κ1) is 23.4. The van der Waals surface area contributed by atoms with Crippen molar-refractivity contribution in [3.05, 3.63) is 48.0 Å². The maximum atomic E-state index is 13.3. The molecule has 8 nitrogen and oxygen atoms in total. The topological polar surface area (TPSA) is 104 Å². The van der Waals surface area contributed by atoms with Crippen LogP contribution in [-0.2, 0) is 0 Å². The summed E-state index contributed by atoms with van der Waals surface area (Å²) in [6.45, 7) is 2.77. The van der Waals surface area contributed by atoms with Gasteiger partial charge in [-0.3, -0.25) is 9.36 Å². The fourth-order valence-electron chi connectivity index (χ4n) is 4.13. The molecule has 2 aromatic carbocycles. The zero-order chi connectivity index (χ0) is 24.1. The maximum Gasteiger partial charge on any atom is 0.257 e. The predicted molar refractivity (Wildman–Crippen MR) is 135 cm³/mol. The fraction of sp³-hybridized carbons (Fsp3) is 0.346. The summed E-state index contributed by atoms with van der Waals surface area (Å²) in [5.74, 6) is 1.18. The lowest BCUT2D eigenvalue weighted by Crippen LogP contribution is -2.25. The van der Waals surface area contributed by atoms with Crippen LogP contribution in [0.25, 0.3) is 27.9 Å². The third-order valence-electron chi connectivity index (χ3n) is 5.92. The van der Waals surface area contributed by atoms with Crippen LogP contribution in [0.15, 0.2) is 42.5 Å². The average Bonchev–Trinajstić information content (AvgIpc) is 3.14. The highest BCUT2D eigenvalue weighted by molar-refractivity contribution is 6.11. The average molecular weight is 462 g/mol. The molecule has 1 amide bonds. The number of fused-ring (bicyclic) bond motifs is 2. The highest BCUT2D eigenvalue weighted by Gasteiger charge is 2.25. The van der Waals surface area contributed by atoms with Gasteiger partial charge in [0.1, 0.15) is 16.9 Å². The Balaban J connectivity index is 1.79. The van der Waals surface area contributed by atoms with Gasteiger partial charge in [-0.05, 0) is 30.7 Å². The molecule has 0 spiro atoms. The van der Waals surface area contributed by atoms with E-state index in [0.29, 0.717) is 46.0 Å². The molecule has 34 heavy (non-hydrogen) atoms. The van der Waals surface area contributed by atoms with E-state index in [1.54, 1.807) is 30.9 Å². The summed E-state index contributed by atoms with van der Waals surface area (Å²) in [6.07, 6.45) is 5.58. The number of hydrogen-bond acceptors (Lipinski definition) is 6. The number of para-hydroxylation sites is 2. The Morgan fingerprint density at radius 1 is 0.971 bits per heavy atom. The van der Waals surface area contributed by atoms with Crippen molar-refractivity contribution in [3.8, 4) is 17.2 Å². The van der Waals surface area contributed by atoms with E-state index >= 15 is 0 Å². The van der Waals surface area contributed by atoms with Crippen molar-refractivity contribution in [1.29, 1.82) is 0 Å². The van der Waals surface area contributed by atoms with Crippen molar-refractivity contribution in [2.45, 2.75) is 39.0 Å². The Kier molecular flexibility index (Phi) is 7.15. The lowest BCUT2D eigenvalue weighted by Gasteiger charge is -2.12. The quantitative estimate of drug-likeness (QED) is 0.326. The summed E-state index contributed by atoms with van der Waals surface area (Å²) in [5, 5.41) is 3.02. The second-order valence-electron chi connectivity index (χ2n) is 8.19. The minimum Gasteiger partial charge on any atom is -0.493 e. The number of carbonyl (C=O) groups excluding carboxylic acids is 1. The molecule has 0 radical (unpaired) electrons. The highest BCUT2D eigenvalue weighted by Crippen LogP contribution is 2.35. The number of anilines is 1. The number of carbonyl (C=O) groups is 1. The van der Waals surface area contributed by atoms with Crippen LogP contribution in [-0.4, -0.2) is 41.2 Å². The largest absolute Gasteiger partial charge is 0.493 e. The van der Waals surface area contributed by atoms with Crippen LogP contribution >= 0.6 is 0 Å². The van der Waals surface area contributed by atoms with Crippen molar-refractivity contribution >= 4 is 33.9 Å². The van der Waals surface area contributed by atoms with Crippen LogP contribution < -0.4 is 20.5 Å². The zero-order valence-corrected chi connectivity index (χ0v) is 19.9. The van der Waals surface area contributed by atoms with Crippen LogP contribution in [0.4, 0.5) is 5.82 Å². The van der Waals surface area contributed by atoms with Crippen molar-refractivity contribution in [2.75, 3.05) is 26.5 Å². The molecule has 178 valence electrons. The van der Waals surface area contributed by atoms with Crippen molar-refractivity contribution in [1.82, 2.24) is 19.9 Å². The molecule has 3 N–H and O–H groups in total. The number of unbranched alkanes of at least 4 members (excludes halogenated alkanes) is 4. The normalized spacial score (nSPS) is 11.1. The van der Waals surface area contributed by atoms with Gasteiger partial charge in [0.25, 0.3) is 5.91 Å². The summed E-state index contributed by atoms with van der Waals surface area (Å²) in [4.78, 5) is 22.8. The first-order chi connectivity index (χ1) is 16.6. The first-order valence-electron chi connectivity index (χ1n) is 11.7. The molecular formula is C26H31N5O3. The van der Waals surface area contributed by atoms with E-state index in [9.17, 15) is 4.79 Å². The van der Waals surface area contributed by atoms with Crippen LogP contribution in [0.3, 0.4) is 0 Å². The number of nitrogens with two attached hydrogens (primary N) is 1. The Hall–Kier alpha value is -3.81. The number of ether oxygens (including phenoxy) is 2. The van der Waals surface area contributed by atoms with E-state index in [1.165, 1.54) is 19.3 Å². The molecule has 0 aliphatic carbocycles. The SMILES string of the molecule is CCCCCCCNC(=O)c1c(N)n(-c2ccc(OC)c(OC)c2)c2nc3ccccc3nc12. The first-order valence-corrected chi connectivity index (χ1v) is 11.7. The number of benzene rings is 2. The molecule has 0 unspecified atom stereocenters. The van der Waals surface area contributed by atoms with E-state index in [1.807, 2.05) is 30.3 Å². The minimum absolute atomic E-state index is 0.248. The van der Waals surface area contributed by atoms with Gasteiger partial charge in [-0.15, -0.1) is 0 Å². The zero-order valence-electron chi connectivity index (χ0n) is 19.9. The molecule has 0 atom stereocenters. The summed E-state index contributed by atoms with van der Waals surface area (Å²) < 4.78 is 12.6. The summed E-state index contributed by atoms with van der Waals surface area (Å²) >= 11 is 0. The summed E-state index contributed by atoms with van der Waals surface area (Å²) in [5.41, 5.74) is 10.0. The molecule has 2 heterocycles. The van der Waals surface area contributed by atoms with Crippen molar-refractivity contribution in [3.63, 3.8) is 0 Å². The summed E-state index contributed by atoms with van der Waals surface area (Å²) in [7, 11) is 3.16. The molecule has 4 rings (SSSR count). The van der Waals surface area contributed by atoms with E-state index in [-0.39, 0.29) is 11.7 Å². The molecule has 0 bridgehead atoms. The third-order valence-corrected chi connectivity index (χ3v) is 5.92. The maximum absolute atomic E-state index is 13.3. The van der Waals surface area contributed by atoms with E-state index in [2.05, 4.69) is 12.2 Å². The number of methoxy groups -OCH3 is 2. The Bertz CT molecular complexity index is 1320. The lowest BCUT2D eigenvalue weighted by molar-refractivity contribution is 0.0955. The second-order valence-corrected chi connectivity index (χ2v) is 8.19. The van der Waals surface area contributed by atoms with Crippen LogP contribution in [0.1, 0.15) is 49.4 Å². The van der Waals surface area contributed by atoms with Gasteiger partial charge in [0.15, 0.2) is 17.1 Å². The molecule has 0 fully saturated rings. The predicted octanol–water partition coefficient (Wildman–Crippen LogP) is 4.87. The van der Waals surface area contributed by atoms with Gasteiger partial charge in [-0.1, -0.05) is 44.7 Å². The molecule has 0 saturated heterocycles. The number of hydrogen-bond donors (Lipinski definition) is 2. The smallest absolute Gasteiger partial charge is 0.257 e. The molecule has 8 heteroatoms. The van der Waals surface area contributed by atoms with Crippen molar-refractivity contribution < 1.29 is 14.3 Å². The Morgan fingerprint density at radius 3 is 2.38 bits per heavy atom. The highest BCUT2D eigenvalue weighted by atomic mass is 16.5. The van der Waals surface area contributed by atoms with Gasteiger partial charge in [-0.25, -0.2) is 9.97 Å². The standard InChI is InChI=1S/C26H31N5O3/c1-4-5-6-7-10-15-28-26(32)22-23-25(30-19-12-9-8-11-18(19)29-23)31(24(22)27)17-13-14-20(33-2)21(16-17)34-3/h8-9,11-14,16H,4-7,10,15,27H2,1-3H3,(H,28,32). The molecule has 0 aliphatic heterocycles. The minimum atomic E-state index is -0.248. The van der Waals surface area contributed by atoms with Gasteiger partial charge in [0.05, 0.1) is 30.9 Å². The van der Waals surface area contributed by atoms with Gasteiger partial charge in [0, 0.05) is 12.6 Å². The molecular weight excluding hydrogens is 430 g/mol. The van der Waals surface area contributed by atoms with Crippen LogP contribution in [0.5, 0.6) is 11.5 Å². The molecule has 2 aromatic heterocycles. The number of nitrogens with zero attached hydrogens (tertiary/aromatic N) is 3. The third kappa shape index (κ3) is 4.48. The van der Waals surface area contributed by atoms with Gasteiger partial charge >= 0.3 is 0 Å². The molecule has 4 aromatic rings. The monoisotopic (exact) mass is 461 g/mol. The number of nitrogen functional groups attached to an aromatic ring is 1. The summed E-state index contributed by atoms with van der Waals surface area (Å²) in [6, 6.07) is 13.0. The molecule has 0 saturated carbocycles. The van der Waals surface area contributed by atoms with E-state index in [0.717, 1.165) is 18.4 Å². The lowest BCUT2D eigenvalue weighted by atomic mass is 10.1. The number of rotatable bonds is 10.